The average molecular weight is 328 g/mol. The molecule has 0 aromatic heterocycles. The van der Waals surface area contributed by atoms with E-state index in [9.17, 15) is 4.79 Å². The normalized spacial score (nSPS) is 12.6. The van der Waals surface area contributed by atoms with Crippen LogP contribution in [0.15, 0.2) is 28.7 Å². The van der Waals surface area contributed by atoms with Gasteiger partial charge in [0, 0.05) is 30.7 Å². The minimum atomic E-state index is -0.953. The first kappa shape index (κ1) is 15.7. The van der Waals surface area contributed by atoms with Crippen molar-refractivity contribution in [1.29, 1.82) is 0 Å². The lowest BCUT2D eigenvalue weighted by Crippen LogP contribution is -2.32. The molecule has 0 amide bonds. The minimum Gasteiger partial charge on any atom is -0.478 e. The lowest BCUT2D eigenvalue weighted by Gasteiger charge is -2.27. The van der Waals surface area contributed by atoms with Crippen molar-refractivity contribution in [2.45, 2.75) is 13.0 Å². The Labute approximate surface area is 121 Å². The number of hydrogen-bond donors (Lipinski definition) is 1. The van der Waals surface area contributed by atoms with Crippen molar-refractivity contribution in [3.8, 4) is 0 Å². The van der Waals surface area contributed by atoms with Crippen LogP contribution in [0.25, 0.3) is 6.08 Å². The van der Waals surface area contributed by atoms with E-state index in [4.69, 9.17) is 9.84 Å². The maximum atomic E-state index is 10.5. The van der Waals surface area contributed by atoms with Gasteiger partial charge in [0.25, 0.3) is 0 Å². The molecule has 0 radical (unpaired) electrons. The van der Waals surface area contributed by atoms with E-state index in [1.807, 2.05) is 25.2 Å². The highest BCUT2D eigenvalue weighted by molar-refractivity contribution is 9.10. The predicted octanol–water partition coefficient (Wildman–Crippen LogP) is 3.02. The van der Waals surface area contributed by atoms with E-state index in [0.717, 1.165) is 21.8 Å². The summed E-state index contributed by atoms with van der Waals surface area (Å²) < 4.78 is 6.06. The predicted molar refractivity (Wildman–Crippen MR) is 80.6 cm³/mol. The van der Waals surface area contributed by atoms with Crippen LogP contribution < -0.4 is 4.90 Å². The lowest BCUT2D eigenvalue weighted by atomic mass is 10.1. The largest absolute Gasteiger partial charge is 0.478 e. The second-order valence-electron chi connectivity index (χ2n) is 4.30. The van der Waals surface area contributed by atoms with Gasteiger partial charge in [0.2, 0.25) is 0 Å². The monoisotopic (exact) mass is 327 g/mol. The Morgan fingerprint density at radius 2 is 2.26 bits per heavy atom. The van der Waals surface area contributed by atoms with Gasteiger partial charge in [-0.3, -0.25) is 0 Å². The van der Waals surface area contributed by atoms with Crippen LogP contribution >= 0.6 is 15.9 Å². The van der Waals surface area contributed by atoms with Gasteiger partial charge in [-0.15, -0.1) is 0 Å². The highest BCUT2D eigenvalue weighted by atomic mass is 79.9. The first-order chi connectivity index (χ1) is 8.95. The molecule has 0 bridgehead atoms. The number of halogens is 1. The molecule has 1 rings (SSSR count). The summed E-state index contributed by atoms with van der Waals surface area (Å²) in [5.74, 6) is -0.953. The van der Waals surface area contributed by atoms with E-state index >= 15 is 0 Å². The molecule has 0 aliphatic heterocycles. The number of hydrogen-bond acceptors (Lipinski definition) is 3. The van der Waals surface area contributed by atoms with Gasteiger partial charge in [-0.05, 0) is 46.6 Å². The van der Waals surface area contributed by atoms with Crippen LogP contribution in [0.3, 0.4) is 0 Å². The summed E-state index contributed by atoms with van der Waals surface area (Å²) in [4.78, 5) is 12.6. The van der Waals surface area contributed by atoms with Crippen molar-refractivity contribution in [2.24, 2.45) is 0 Å². The number of carboxylic acids is 1. The second kappa shape index (κ2) is 7.31. The lowest BCUT2D eigenvalue weighted by molar-refractivity contribution is -0.131. The molecule has 0 aliphatic rings. The van der Waals surface area contributed by atoms with Gasteiger partial charge in [-0.25, -0.2) is 4.79 Å². The maximum absolute atomic E-state index is 10.5. The van der Waals surface area contributed by atoms with Gasteiger partial charge in [0.1, 0.15) is 0 Å². The van der Waals surface area contributed by atoms with Crippen molar-refractivity contribution >= 4 is 33.7 Å². The molecule has 1 atom stereocenters. The molecule has 1 aromatic rings. The molecule has 1 N–H and O–H groups in total. The molecule has 0 heterocycles. The number of rotatable bonds is 6. The zero-order valence-corrected chi connectivity index (χ0v) is 12.8. The number of methoxy groups -OCH3 is 1. The Morgan fingerprint density at radius 3 is 2.79 bits per heavy atom. The van der Waals surface area contributed by atoms with E-state index in [1.54, 1.807) is 13.2 Å². The third-order valence-electron chi connectivity index (χ3n) is 2.84. The van der Waals surface area contributed by atoms with Gasteiger partial charge < -0.3 is 14.7 Å². The Kier molecular flexibility index (Phi) is 6.05. The van der Waals surface area contributed by atoms with Gasteiger partial charge in [0.15, 0.2) is 0 Å². The van der Waals surface area contributed by atoms with Crippen LogP contribution in [0, 0.1) is 0 Å². The highest BCUT2D eigenvalue weighted by Gasteiger charge is 2.12. The van der Waals surface area contributed by atoms with E-state index < -0.39 is 5.97 Å². The third-order valence-corrected chi connectivity index (χ3v) is 3.47. The summed E-state index contributed by atoms with van der Waals surface area (Å²) in [5.41, 5.74) is 1.88. The summed E-state index contributed by atoms with van der Waals surface area (Å²) in [5, 5.41) is 8.60. The summed E-state index contributed by atoms with van der Waals surface area (Å²) in [6.07, 6.45) is 2.69. The Bertz CT molecular complexity index is 474. The first-order valence-corrected chi connectivity index (χ1v) is 6.67. The number of nitrogens with zero attached hydrogens (tertiary/aromatic N) is 1. The van der Waals surface area contributed by atoms with Crippen molar-refractivity contribution in [1.82, 2.24) is 0 Å². The smallest absolute Gasteiger partial charge is 0.328 e. The van der Waals surface area contributed by atoms with E-state index in [0.29, 0.717) is 6.61 Å². The summed E-state index contributed by atoms with van der Waals surface area (Å²) in [7, 11) is 3.68. The molecule has 104 valence electrons. The maximum Gasteiger partial charge on any atom is 0.328 e. The number of carbonyl (C=O) groups is 1. The molecule has 4 nitrogen and oxygen atoms in total. The Morgan fingerprint density at radius 1 is 1.58 bits per heavy atom. The highest BCUT2D eigenvalue weighted by Crippen LogP contribution is 2.28. The minimum absolute atomic E-state index is 0.252. The number of ether oxygens (including phenoxy) is 1. The molecular weight excluding hydrogens is 310 g/mol. The van der Waals surface area contributed by atoms with Crippen LogP contribution in [-0.4, -0.2) is 37.9 Å². The van der Waals surface area contributed by atoms with Gasteiger partial charge in [-0.1, -0.05) is 6.07 Å². The molecule has 0 aliphatic carbocycles. The SMILES string of the molecule is COCC(C)N(C)c1ccc(/C=C/C(=O)O)cc1Br. The summed E-state index contributed by atoms with van der Waals surface area (Å²) in [6.45, 7) is 2.72. The van der Waals surface area contributed by atoms with Crippen LogP contribution in [0.2, 0.25) is 0 Å². The van der Waals surface area contributed by atoms with Gasteiger partial charge >= 0.3 is 5.97 Å². The van der Waals surface area contributed by atoms with Crippen LogP contribution in [0.1, 0.15) is 12.5 Å². The zero-order chi connectivity index (χ0) is 14.4. The van der Waals surface area contributed by atoms with Crippen molar-refractivity contribution in [3.63, 3.8) is 0 Å². The average Bonchev–Trinajstić information content (AvgIpc) is 2.36. The van der Waals surface area contributed by atoms with Crippen molar-refractivity contribution in [3.05, 3.63) is 34.3 Å². The van der Waals surface area contributed by atoms with Crippen LogP contribution in [0.5, 0.6) is 0 Å². The fraction of sp³-hybridized carbons (Fsp3) is 0.357. The van der Waals surface area contributed by atoms with Crippen molar-refractivity contribution < 1.29 is 14.6 Å². The standard InChI is InChI=1S/C14H18BrNO3/c1-10(9-19-3)16(2)13-6-4-11(8-12(13)15)5-7-14(17)18/h4-8,10H,9H2,1-3H3,(H,17,18)/b7-5+. The summed E-state index contributed by atoms with van der Waals surface area (Å²) in [6, 6.07) is 5.99. The molecule has 0 fully saturated rings. The zero-order valence-electron chi connectivity index (χ0n) is 11.3. The number of likely N-dealkylation sites (N-methyl/N-ethyl adjacent to an activating group) is 1. The molecule has 5 heteroatoms. The first-order valence-electron chi connectivity index (χ1n) is 5.88. The molecule has 1 unspecified atom stereocenters. The molecule has 0 saturated carbocycles. The van der Waals surface area contributed by atoms with Crippen LogP contribution in [-0.2, 0) is 9.53 Å². The quantitative estimate of drug-likeness (QED) is 0.816. The fourth-order valence-electron chi connectivity index (χ4n) is 1.67. The molecule has 0 saturated heterocycles. The third kappa shape index (κ3) is 4.69. The Balaban J connectivity index is 2.91. The number of aliphatic carboxylic acids is 1. The molecular formula is C14H18BrNO3. The van der Waals surface area contributed by atoms with Gasteiger partial charge in [0.05, 0.1) is 12.3 Å². The van der Waals surface area contributed by atoms with Crippen LogP contribution in [0.4, 0.5) is 5.69 Å². The van der Waals surface area contributed by atoms with Crippen molar-refractivity contribution in [2.75, 3.05) is 25.7 Å². The number of benzene rings is 1. The van der Waals surface area contributed by atoms with E-state index in [2.05, 4.69) is 27.8 Å². The van der Waals surface area contributed by atoms with Gasteiger partial charge in [-0.2, -0.15) is 0 Å². The molecule has 19 heavy (non-hydrogen) atoms. The topological polar surface area (TPSA) is 49.8 Å². The fourth-order valence-corrected chi connectivity index (χ4v) is 2.35. The Hall–Kier alpha value is -1.33. The number of carboxylic acid groups (broad SMARTS) is 1. The molecule has 0 spiro atoms. The number of anilines is 1. The van der Waals surface area contributed by atoms with E-state index in [1.165, 1.54) is 0 Å². The second-order valence-corrected chi connectivity index (χ2v) is 5.15. The van der Waals surface area contributed by atoms with E-state index in [-0.39, 0.29) is 6.04 Å². The summed E-state index contributed by atoms with van der Waals surface area (Å²) >= 11 is 3.51. The molecule has 1 aromatic carbocycles.